The molecule has 2 heterocycles. The van der Waals surface area contributed by atoms with Gasteiger partial charge in [0.25, 0.3) is 0 Å². The van der Waals surface area contributed by atoms with E-state index in [-0.39, 0.29) is 0 Å². The van der Waals surface area contributed by atoms with Crippen molar-refractivity contribution in [3.63, 3.8) is 0 Å². The predicted molar refractivity (Wildman–Crippen MR) is 62.8 cm³/mol. The van der Waals surface area contributed by atoms with Gasteiger partial charge in [-0.25, -0.2) is 0 Å². The number of hydrogen-bond donors (Lipinski definition) is 1. The molecule has 4 heteroatoms. The lowest BCUT2D eigenvalue weighted by Crippen LogP contribution is -2.40. The van der Waals surface area contributed by atoms with Crippen molar-refractivity contribution in [2.24, 2.45) is 0 Å². The number of aromatic nitrogens is 1. The fraction of sp³-hybridized carbons (Fsp3) is 0.500. The third kappa shape index (κ3) is 1.80. The third-order valence-corrected chi connectivity index (χ3v) is 3.70. The van der Waals surface area contributed by atoms with E-state index in [1.54, 1.807) is 6.20 Å². The Labute approximate surface area is 88.7 Å². The minimum Gasteiger partial charge on any atom is -0.397 e. The standard InChI is InChI=1S/C10H15N3S/c1-8-7-14-5-4-13(8)10-6-12-3-2-9(10)11/h2-3,6,8H,4-5,7H2,1H3,(H2,11,12). The van der Waals surface area contributed by atoms with E-state index in [1.165, 1.54) is 11.5 Å². The first-order chi connectivity index (χ1) is 6.79. The molecular formula is C10H15N3S. The van der Waals surface area contributed by atoms with Gasteiger partial charge in [-0.05, 0) is 13.0 Å². The summed E-state index contributed by atoms with van der Waals surface area (Å²) in [7, 11) is 0. The minimum absolute atomic E-state index is 0.556. The van der Waals surface area contributed by atoms with Crippen LogP contribution in [0.3, 0.4) is 0 Å². The van der Waals surface area contributed by atoms with Crippen LogP contribution in [-0.4, -0.2) is 29.1 Å². The van der Waals surface area contributed by atoms with E-state index in [4.69, 9.17) is 5.73 Å². The van der Waals surface area contributed by atoms with Gasteiger partial charge in [-0.1, -0.05) is 0 Å². The Morgan fingerprint density at radius 3 is 3.21 bits per heavy atom. The van der Waals surface area contributed by atoms with Gasteiger partial charge in [-0.2, -0.15) is 11.8 Å². The largest absolute Gasteiger partial charge is 0.397 e. The second-order valence-corrected chi connectivity index (χ2v) is 4.70. The molecule has 0 aliphatic carbocycles. The highest BCUT2D eigenvalue weighted by Crippen LogP contribution is 2.27. The Kier molecular flexibility index (Phi) is 2.82. The minimum atomic E-state index is 0.556. The second-order valence-electron chi connectivity index (χ2n) is 3.55. The van der Waals surface area contributed by atoms with Crippen LogP contribution in [0.15, 0.2) is 18.5 Å². The average Bonchev–Trinajstić information content (AvgIpc) is 2.20. The topological polar surface area (TPSA) is 42.2 Å². The first kappa shape index (κ1) is 9.65. The van der Waals surface area contributed by atoms with Crippen molar-refractivity contribution in [3.8, 4) is 0 Å². The smallest absolute Gasteiger partial charge is 0.0789 e. The molecule has 0 radical (unpaired) electrons. The zero-order chi connectivity index (χ0) is 9.97. The first-order valence-corrected chi connectivity index (χ1v) is 5.98. The van der Waals surface area contributed by atoms with Crippen LogP contribution in [0.25, 0.3) is 0 Å². The fourth-order valence-electron chi connectivity index (χ4n) is 1.72. The molecule has 1 aliphatic heterocycles. The molecule has 0 spiro atoms. The summed E-state index contributed by atoms with van der Waals surface area (Å²) < 4.78 is 0. The van der Waals surface area contributed by atoms with E-state index in [0.717, 1.165) is 17.9 Å². The summed E-state index contributed by atoms with van der Waals surface area (Å²) in [6.45, 7) is 3.31. The highest BCUT2D eigenvalue weighted by atomic mass is 32.2. The van der Waals surface area contributed by atoms with Crippen LogP contribution >= 0.6 is 11.8 Å². The molecule has 1 aromatic heterocycles. The number of hydrogen-bond acceptors (Lipinski definition) is 4. The van der Waals surface area contributed by atoms with Crippen LogP contribution in [-0.2, 0) is 0 Å². The van der Waals surface area contributed by atoms with Crippen molar-refractivity contribution < 1.29 is 0 Å². The molecule has 0 bridgehead atoms. The molecule has 1 atom stereocenters. The molecule has 1 aromatic rings. The van der Waals surface area contributed by atoms with Crippen LogP contribution in [0.1, 0.15) is 6.92 Å². The molecule has 1 unspecified atom stereocenters. The highest BCUT2D eigenvalue weighted by molar-refractivity contribution is 7.99. The number of pyridine rings is 1. The molecule has 0 aromatic carbocycles. The van der Waals surface area contributed by atoms with Gasteiger partial charge in [0.2, 0.25) is 0 Å². The Morgan fingerprint density at radius 2 is 2.50 bits per heavy atom. The van der Waals surface area contributed by atoms with E-state index in [9.17, 15) is 0 Å². The lowest BCUT2D eigenvalue weighted by Gasteiger charge is -2.35. The lowest BCUT2D eigenvalue weighted by atomic mass is 10.2. The Balaban J connectivity index is 2.25. The van der Waals surface area contributed by atoms with Gasteiger partial charge in [0.05, 0.1) is 17.6 Å². The molecule has 14 heavy (non-hydrogen) atoms. The maximum atomic E-state index is 5.93. The maximum Gasteiger partial charge on any atom is 0.0789 e. The highest BCUT2D eigenvalue weighted by Gasteiger charge is 2.20. The fourth-order valence-corrected chi connectivity index (χ4v) is 2.74. The quantitative estimate of drug-likeness (QED) is 0.763. The Bertz CT molecular complexity index is 316. The SMILES string of the molecule is CC1CSCCN1c1cnccc1N. The number of thioether (sulfide) groups is 1. The zero-order valence-electron chi connectivity index (χ0n) is 8.31. The van der Waals surface area contributed by atoms with Crippen molar-refractivity contribution in [1.82, 2.24) is 4.98 Å². The molecule has 1 fully saturated rings. The molecular weight excluding hydrogens is 194 g/mol. The molecule has 76 valence electrons. The normalized spacial score (nSPS) is 22.4. The van der Waals surface area contributed by atoms with E-state index in [0.29, 0.717) is 6.04 Å². The Morgan fingerprint density at radius 1 is 1.64 bits per heavy atom. The van der Waals surface area contributed by atoms with E-state index < -0.39 is 0 Å². The summed E-state index contributed by atoms with van der Waals surface area (Å²) in [5, 5.41) is 0. The summed E-state index contributed by atoms with van der Waals surface area (Å²) >= 11 is 2.00. The van der Waals surface area contributed by atoms with E-state index in [1.807, 2.05) is 24.0 Å². The van der Waals surface area contributed by atoms with Gasteiger partial charge < -0.3 is 10.6 Å². The van der Waals surface area contributed by atoms with Crippen molar-refractivity contribution in [3.05, 3.63) is 18.5 Å². The van der Waals surface area contributed by atoms with E-state index >= 15 is 0 Å². The molecule has 3 nitrogen and oxygen atoms in total. The van der Waals surface area contributed by atoms with Crippen LogP contribution < -0.4 is 10.6 Å². The summed E-state index contributed by atoms with van der Waals surface area (Å²) in [5.41, 5.74) is 7.84. The Hall–Kier alpha value is -0.900. The van der Waals surface area contributed by atoms with Gasteiger partial charge >= 0.3 is 0 Å². The van der Waals surface area contributed by atoms with Crippen molar-refractivity contribution >= 4 is 23.1 Å². The summed E-state index contributed by atoms with van der Waals surface area (Å²) in [6.07, 6.45) is 3.60. The van der Waals surface area contributed by atoms with E-state index in [2.05, 4.69) is 16.8 Å². The summed E-state index contributed by atoms with van der Waals surface area (Å²) in [4.78, 5) is 6.47. The van der Waals surface area contributed by atoms with Gasteiger partial charge in [0.1, 0.15) is 0 Å². The number of nitrogens with zero attached hydrogens (tertiary/aromatic N) is 2. The molecule has 1 aliphatic rings. The maximum absolute atomic E-state index is 5.93. The monoisotopic (exact) mass is 209 g/mol. The summed E-state index contributed by atoms with van der Waals surface area (Å²) in [6, 6.07) is 2.42. The first-order valence-electron chi connectivity index (χ1n) is 4.83. The molecule has 0 saturated carbocycles. The van der Waals surface area contributed by atoms with Crippen molar-refractivity contribution in [2.75, 3.05) is 28.7 Å². The van der Waals surface area contributed by atoms with Gasteiger partial charge in [-0.3, -0.25) is 4.98 Å². The van der Waals surface area contributed by atoms with Gasteiger partial charge in [0, 0.05) is 30.3 Å². The molecule has 2 N–H and O–H groups in total. The molecule has 0 amide bonds. The van der Waals surface area contributed by atoms with Gasteiger partial charge in [-0.15, -0.1) is 0 Å². The second kappa shape index (κ2) is 4.09. The number of nitrogens with two attached hydrogens (primary N) is 1. The molecule has 2 rings (SSSR count). The number of anilines is 2. The van der Waals surface area contributed by atoms with Crippen molar-refractivity contribution in [2.45, 2.75) is 13.0 Å². The summed E-state index contributed by atoms with van der Waals surface area (Å²) in [5.74, 6) is 2.35. The van der Waals surface area contributed by atoms with Crippen LogP contribution in [0.2, 0.25) is 0 Å². The predicted octanol–water partition coefficient (Wildman–Crippen LogP) is 1.61. The lowest BCUT2D eigenvalue weighted by molar-refractivity contribution is 0.699. The van der Waals surface area contributed by atoms with Crippen molar-refractivity contribution in [1.29, 1.82) is 0 Å². The zero-order valence-corrected chi connectivity index (χ0v) is 9.13. The molecule has 1 saturated heterocycles. The number of rotatable bonds is 1. The van der Waals surface area contributed by atoms with Crippen LogP contribution in [0.5, 0.6) is 0 Å². The van der Waals surface area contributed by atoms with Gasteiger partial charge in [0.15, 0.2) is 0 Å². The van der Waals surface area contributed by atoms with Crippen LogP contribution in [0, 0.1) is 0 Å². The third-order valence-electron chi connectivity index (χ3n) is 2.51. The average molecular weight is 209 g/mol. The van der Waals surface area contributed by atoms with Crippen LogP contribution in [0.4, 0.5) is 11.4 Å². The number of nitrogen functional groups attached to an aromatic ring is 1.